The molecule has 0 aliphatic carbocycles. The lowest BCUT2D eigenvalue weighted by Gasteiger charge is -2.29. The maximum atomic E-state index is 12.6. The van der Waals surface area contributed by atoms with E-state index in [1.165, 1.54) is 19.9 Å². The van der Waals surface area contributed by atoms with E-state index in [1.54, 1.807) is 0 Å². The molecule has 0 saturated carbocycles. The second-order valence-corrected chi connectivity index (χ2v) is 5.41. The quantitative estimate of drug-likeness (QED) is 0.369. The molecule has 0 bridgehead atoms. The third-order valence-corrected chi connectivity index (χ3v) is 3.02. The number of esters is 2. The summed E-state index contributed by atoms with van der Waals surface area (Å²) in [6, 6.07) is 3.12. The smallest absolute Gasteiger partial charge is 0.455 e. The third kappa shape index (κ3) is 3.90. The Balaban J connectivity index is 2.36. The predicted octanol–water partition coefficient (Wildman–Crippen LogP) is 2.27. The maximum Gasteiger partial charge on any atom is 0.455 e. The molecule has 1 aliphatic heterocycles. The Kier molecular flexibility index (Phi) is 4.47. The molecule has 1 fully saturated rings. The van der Waals surface area contributed by atoms with Gasteiger partial charge in [-0.3, -0.25) is 4.79 Å². The van der Waals surface area contributed by atoms with E-state index < -0.39 is 52.3 Å². The van der Waals surface area contributed by atoms with Crippen LogP contribution in [0.3, 0.4) is 0 Å². The highest BCUT2D eigenvalue weighted by atomic mass is 19.4. The Labute approximate surface area is 139 Å². The number of rotatable bonds is 3. The average molecular weight is 359 g/mol. The lowest BCUT2D eigenvalue weighted by Crippen LogP contribution is -2.42. The number of benzene rings is 1. The van der Waals surface area contributed by atoms with Gasteiger partial charge in [0.05, 0.1) is 11.3 Å². The van der Waals surface area contributed by atoms with Crippen LogP contribution in [-0.4, -0.2) is 34.8 Å². The molecule has 2 rings (SSSR count). The van der Waals surface area contributed by atoms with E-state index in [9.17, 15) is 32.7 Å². The van der Waals surface area contributed by atoms with Crippen LogP contribution in [0.1, 0.15) is 24.2 Å². The first-order valence-electron chi connectivity index (χ1n) is 6.79. The second-order valence-electron chi connectivity index (χ2n) is 5.41. The molecular weight excluding hydrogens is 347 g/mol. The predicted molar refractivity (Wildman–Crippen MR) is 76.5 cm³/mol. The topological polar surface area (TPSA) is 102 Å². The summed E-state index contributed by atoms with van der Waals surface area (Å²) < 4.78 is 47.6. The van der Waals surface area contributed by atoms with Gasteiger partial charge in [-0.15, -0.1) is 0 Å². The summed E-state index contributed by atoms with van der Waals surface area (Å²) in [5, 5.41) is 11.8. The monoisotopic (exact) mass is 359 g/mol. The zero-order chi connectivity index (χ0) is 19.0. The van der Waals surface area contributed by atoms with Crippen molar-refractivity contribution in [3.05, 3.63) is 35.5 Å². The van der Waals surface area contributed by atoms with Crippen molar-refractivity contribution >= 4 is 23.4 Å². The van der Waals surface area contributed by atoms with Crippen LogP contribution in [0, 0.1) is 0 Å². The van der Waals surface area contributed by atoms with E-state index in [2.05, 4.69) is 5.32 Å². The van der Waals surface area contributed by atoms with Gasteiger partial charge < -0.3 is 19.9 Å². The molecular formula is C15H12F3NO6. The largest absolute Gasteiger partial charge is 0.507 e. The molecule has 25 heavy (non-hydrogen) atoms. The van der Waals surface area contributed by atoms with Crippen LogP contribution in [0.25, 0.3) is 0 Å². The van der Waals surface area contributed by atoms with Crippen molar-refractivity contribution in [3.8, 4) is 5.75 Å². The van der Waals surface area contributed by atoms with Crippen LogP contribution in [0.5, 0.6) is 5.75 Å². The zero-order valence-corrected chi connectivity index (χ0v) is 12.9. The fourth-order valence-corrected chi connectivity index (χ4v) is 1.97. The van der Waals surface area contributed by atoms with Crippen LogP contribution >= 0.6 is 0 Å². The number of aromatic hydroxyl groups is 1. The molecule has 0 spiro atoms. The Hall–Kier alpha value is -3.04. The molecule has 10 heteroatoms. The van der Waals surface area contributed by atoms with Crippen LogP contribution in [0.15, 0.2) is 30.0 Å². The van der Waals surface area contributed by atoms with E-state index in [4.69, 9.17) is 9.47 Å². The standard InChI is InChI=1S/C15H12F3NO6/c1-14(2)24-12(22)7(13(23)25-14)6-19-8-4-3-5-9(20)10(8)11(21)15(16,17)18/h3-6,19-20H,1-2H3. The molecule has 134 valence electrons. The second kappa shape index (κ2) is 6.11. The molecule has 0 atom stereocenters. The summed E-state index contributed by atoms with van der Waals surface area (Å²) in [6.07, 6.45) is -4.49. The minimum absolute atomic E-state index is 0.458. The van der Waals surface area contributed by atoms with Gasteiger partial charge >= 0.3 is 18.1 Å². The van der Waals surface area contributed by atoms with Gasteiger partial charge in [-0.05, 0) is 12.1 Å². The van der Waals surface area contributed by atoms with Gasteiger partial charge in [-0.2, -0.15) is 13.2 Å². The number of carbonyl (C=O) groups excluding carboxylic acids is 3. The number of cyclic esters (lactones) is 2. The first-order chi connectivity index (χ1) is 11.4. The van der Waals surface area contributed by atoms with Crippen LogP contribution < -0.4 is 5.32 Å². The summed E-state index contributed by atoms with van der Waals surface area (Å²) in [5.74, 6) is -6.80. The van der Waals surface area contributed by atoms with Crippen molar-refractivity contribution in [1.29, 1.82) is 0 Å². The highest BCUT2D eigenvalue weighted by Gasteiger charge is 2.42. The number of halogens is 3. The van der Waals surface area contributed by atoms with Crippen molar-refractivity contribution in [2.75, 3.05) is 5.32 Å². The molecule has 7 nitrogen and oxygen atoms in total. The Bertz CT molecular complexity index is 760. The molecule has 0 unspecified atom stereocenters. The highest BCUT2D eigenvalue weighted by Crippen LogP contribution is 2.32. The van der Waals surface area contributed by atoms with Crippen molar-refractivity contribution in [2.45, 2.75) is 25.8 Å². The van der Waals surface area contributed by atoms with Gasteiger partial charge in [-0.25, -0.2) is 9.59 Å². The number of alkyl halides is 3. The van der Waals surface area contributed by atoms with E-state index in [0.717, 1.165) is 18.3 Å². The Morgan fingerprint density at radius 1 is 1.20 bits per heavy atom. The van der Waals surface area contributed by atoms with E-state index in [-0.39, 0.29) is 0 Å². The average Bonchev–Trinajstić information content (AvgIpc) is 2.43. The highest BCUT2D eigenvalue weighted by molar-refractivity contribution is 6.15. The van der Waals surface area contributed by atoms with E-state index >= 15 is 0 Å². The molecule has 1 heterocycles. The molecule has 0 aromatic heterocycles. The van der Waals surface area contributed by atoms with Crippen LogP contribution in [0.4, 0.5) is 18.9 Å². The SMILES string of the molecule is CC1(C)OC(=O)C(=CNc2cccc(O)c2C(=O)C(F)(F)F)C(=O)O1. The summed E-state index contributed by atoms with van der Waals surface area (Å²) in [4.78, 5) is 35.0. The van der Waals surface area contributed by atoms with Crippen molar-refractivity contribution in [3.63, 3.8) is 0 Å². The third-order valence-electron chi connectivity index (χ3n) is 3.02. The number of phenolic OH excluding ortho intramolecular Hbond substituents is 1. The lowest BCUT2D eigenvalue weighted by molar-refractivity contribution is -0.222. The normalized spacial score (nSPS) is 16.8. The van der Waals surface area contributed by atoms with Gasteiger partial charge in [0.25, 0.3) is 11.6 Å². The molecule has 1 aromatic carbocycles. The number of Topliss-reactive ketones (excluding diaryl/α,β-unsaturated/α-hetero) is 1. The number of hydrogen-bond donors (Lipinski definition) is 2. The summed E-state index contributed by atoms with van der Waals surface area (Å²) in [7, 11) is 0. The van der Waals surface area contributed by atoms with Crippen molar-refractivity contribution in [2.24, 2.45) is 0 Å². The molecule has 2 N–H and O–H groups in total. The number of ether oxygens (including phenoxy) is 2. The van der Waals surface area contributed by atoms with Gasteiger partial charge in [0.2, 0.25) is 0 Å². The fourth-order valence-electron chi connectivity index (χ4n) is 1.97. The van der Waals surface area contributed by atoms with Gasteiger partial charge in [0.15, 0.2) is 5.57 Å². The first-order valence-corrected chi connectivity index (χ1v) is 6.79. The van der Waals surface area contributed by atoms with Gasteiger partial charge in [-0.1, -0.05) is 6.07 Å². The molecule has 1 saturated heterocycles. The van der Waals surface area contributed by atoms with Crippen molar-refractivity contribution in [1.82, 2.24) is 0 Å². The van der Waals surface area contributed by atoms with Crippen LogP contribution in [0.2, 0.25) is 0 Å². The fraction of sp³-hybridized carbons (Fsp3) is 0.267. The number of nitrogens with one attached hydrogen (secondary N) is 1. The summed E-state index contributed by atoms with van der Waals surface area (Å²) in [5.41, 5.74) is -2.13. The number of phenols is 1. The number of carbonyl (C=O) groups is 3. The van der Waals surface area contributed by atoms with Crippen LogP contribution in [-0.2, 0) is 19.1 Å². The van der Waals surface area contributed by atoms with Gasteiger partial charge in [0, 0.05) is 20.0 Å². The Morgan fingerprint density at radius 3 is 2.28 bits per heavy atom. The van der Waals surface area contributed by atoms with E-state index in [1.807, 2.05) is 0 Å². The maximum absolute atomic E-state index is 12.6. The molecule has 0 radical (unpaired) electrons. The minimum Gasteiger partial charge on any atom is -0.507 e. The zero-order valence-electron chi connectivity index (χ0n) is 12.9. The molecule has 1 aromatic rings. The van der Waals surface area contributed by atoms with E-state index in [0.29, 0.717) is 0 Å². The van der Waals surface area contributed by atoms with Gasteiger partial charge in [0.1, 0.15) is 5.75 Å². The number of ketones is 1. The summed E-state index contributed by atoms with van der Waals surface area (Å²) in [6.45, 7) is 2.64. The minimum atomic E-state index is -5.23. The molecule has 1 aliphatic rings. The summed E-state index contributed by atoms with van der Waals surface area (Å²) >= 11 is 0. The lowest BCUT2D eigenvalue weighted by atomic mass is 10.1. The van der Waals surface area contributed by atoms with Crippen molar-refractivity contribution < 1.29 is 42.1 Å². The molecule has 0 amide bonds. The number of hydrogen-bond acceptors (Lipinski definition) is 7. The first kappa shape index (κ1) is 18.3. The Morgan fingerprint density at radius 2 is 1.76 bits per heavy atom. The number of anilines is 1.